The lowest BCUT2D eigenvalue weighted by Gasteiger charge is -2.13. The Hall–Kier alpha value is -2.73. The lowest BCUT2D eigenvalue weighted by atomic mass is 10.3. The molecule has 0 atom stereocenters. The minimum Gasteiger partial charge on any atom is -0.494 e. The molecule has 0 bridgehead atoms. The van der Waals surface area contributed by atoms with Crippen LogP contribution in [0.25, 0.3) is 0 Å². The van der Waals surface area contributed by atoms with Gasteiger partial charge in [0.05, 0.1) is 25.4 Å². The van der Waals surface area contributed by atoms with Crippen molar-refractivity contribution in [3.63, 3.8) is 0 Å². The SMILES string of the molecule is CCOCCOc1ccccc1NC(=O)CNc1cccc(OCC)c1. The number of carbonyl (C=O) groups excluding carboxylic acids is 1. The first-order valence-corrected chi connectivity index (χ1v) is 8.79. The molecule has 0 heterocycles. The summed E-state index contributed by atoms with van der Waals surface area (Å²) in [5.41, 5.74) is 1.46. The van der Waals surface area contributed by atoms with E-state index in [2.05, 4.69) is 10.6 Å². The van der Waals surface area contributed by atoms with Crippen molar-refractivity contribution in [2.75, 3.05) is 43.6 Å². The van der Waals surface area contributed by atoms with Gasteiger partial charge in [-0.2, -0.15) is 0 Å². The normalized spacial score (nSPS) is 10.2. The molecule has 6 heteroatoms. The second kappa shape index (κ2) is 11.0. The number of rotatable bonds is 11. The van der Waals surface area contributed by atoms with Crippen LogP contribution in [0, 0.1) is 0 Å². The summed E-state index contributed by atoms with van der Waals surface area (Å²) < 4.78 is 16.4. The van der Waals surface area contributed by atoms with Gasteiger partial charge in [0.25, 0.3) is 0 Å². The molecule has 0 saturated carbocycles. The van der Waals surface area contributed by atoms with E-state index in [0.29, 0.717) is 37.9 Å². The summed E-state index contributed by atoms with van der Waals surface area (Å²) in [5.74, 6) is 1.23. The summed E-state index contributed by atoms with van der Waals surface area (Å²) in [4.78, 5) is 12.2. The van der Waals surface area contributed by atoms with Gasteiger partial charge in [-0.1, -0.05) is 18.2 Å². The van der Waals surface area contributed by atoms with E-state index in [9.17, 15) is 4.79 Å². The average Bonchev–Trinajstić information content (AvgIpc) is 2.65. The Morgan fingerprint density at radius 1 is 0.962 bits per heavy atom. The van der Waals surface area contributed by atoms with Gasteiger partial charge in [0, 0.05) is 18.4 Å². The second-order valence-electron chi connectivity index (χ2n) is 5.40. The molecule has 0 unspecified atom stereocenters. The van der Waals surface area contributed by atoms with Gasteiger partial charge in [-0.15, -0.1) is 0 Å². The molecular weight excluding hydrogens is 332 g/mol. The topological polar surface area (TPSA) is 68.8 Å². The molecule has 0 spiro atoms. The molecule has 0 radical (unpaired) electrons. The maximum absolute atomic E-state index is 12.2. The highest BCUT2D eigenvalue weighted by atomic mass is 16.5. The van der Waals surface area contributed by atoms with Crippen molar-refractivity contribution in [1.82, 2.24) is 0 Å². The van der Waals surface area contributed by atoms with E-state index in [0.717, 1.165) is 11.4 Å². The molecule has 0 fully saturated rings. The van der Waals surface area contributed by atoms with E-state index in [1.807, 2.05) is 62.4 Å². The van der Waals surface area contributed by atoms with Gasteiger partial charge >= 0.3 is 0 Å². The van der Waals surface area contributed by atoms with E-state index in [1.165, 1.54) is 0 Å². The highest BCUT2D eigenvalue weighted by Gasteiger charge is 2.08. The summed E-state index contributed by atoms with van der Waals surface area (Å²) in [5, 5.41) is 5.95. The van der Waals surface area contributed by atoms with E-state index >= 15 is 0 Å². The summed E-state index contributed by atoms with van der Waals surface area (Å²) >= 11 is 0. The minimum absolute atomic E-state index is 0.142. The smallest absolute Gasteiger partial charge is 0.243 e. The maximum atomic E-state index is 12.2. The van der Waals surface area contributed by atoms with Crippen LogP contribution in [-0.2, 0) is 9.53 Å². The fourth-order valence-corrected chi connectivity index (χ4v) is 2.29. The Balaban J connectivity index is 1.86. The average molecular weight is 358 g/mol. The summed E-state index contributed by atoms with van der Waals surface area (Å²) in [6.45, 7) is 6.21. The van der Waals surface area contributed by atoms with E-state index in [-0.39, 0.29) is 12.5 Å². The highest BCUT2D eigenvalue weighted by molar-refractivity contribution is 5.95. The van der Waals surface area contributed by atoms with Crippen molar-refractivity contribution in [2.45, 2.75) is 13.8 Å². The third kappa shape index (κ3) is 6.64. The molecule has 6 nitrogen and oxygen atoms in total. The second-order valence-corrected chi connectivity index (χ2v) is 5.40. The van der Waals surface area contributed by atoms with E-state index in [4.69, 9.17) is 14.2 Å². The Bertz CT molecular complexity index is 691. The maximum Gasteiger partial charge on any atom is 0.243 e. The first kappa shape index (κ1) is 19.6. The molecule has 2 aromatic rings. The van der Waals surface area contributed by atoms with Gasteiger partial charge in [-0.3, -0.25) is 4.79 Å². The molecule has 0 aliphatic rings. The number of anilines is 2. The quantitative estimate of drug-likeness (QED) is 0.601. The van der Waals surface area contributed by atoms with Crippen molar-refractivity contribution >= 4 is 17.3 Å². The molecule has 2 rings (SSSR count). The molecular formula is C20H26N2O4. The highest BCUT2D eigenvalue weighted by Crippen LogP contribution is 2.23. The molecule has 0 aromatic heterocycles. The zero-order valence-corrected chi connectivity index (χ0v) is 15.3. The number of hydrogen-bond donors (Lipinski definition) is 2. The number of para-hydroxylation sites is 2. The van der Waals surface area contributed by atoms with Gasteiger partial charge in [-0.05, 0) is 38.1 Å². The van der Waals surface area contributed by atoms with Crippen LogP contribution < -0.4 is 20.1 Å². The van der Waals surface area contributed by atoms with Crippen molar-refractivity contribution in [3.05, 3.63) is 48.5 Å². The van der Waals surface area contributed by atoms with Crippen LogP contribution in [0.4, 0.5) is 11.4 Å². The molecule has 0 aliphatic heterocycles. The lowest BCUT2D eigenvalue weighted by molar-refractivity contribution is -0.114. The van der Waals surface area contributed by atoms with E-state index < -0.39 is 0 Å². The van der Waals surface area contributed by atoms with Crippen LogP contribution in [0.2, 0.25) is 0 Å². The van der Waals surface area contributed by atoms with Crippen LogP contribution in [0.5, 0.6) is 11.5 Å². The number of nitrogens with one attached hydrogen (secondary N) is 2. The number of amides is 1. The van der Waals surface area contributed by atoms with Gasteiger partial charge in [-0.25, -0.2) is 0 Å². The zero-order valence-electron chi connectivity index (χ0n) is 15.3. The van der Waals surface area contributed by atoms with Crippen molar-refractivity contribution < 1.29 is 19.0 Å². The van der Waals surface area contributed by atoms with Crippen LogP contribution in [0.15, 0.2) is 48.5 Å². The van der Waals surface area contributed by atoms with Crippen molar-refractivity contribution in [2.24, 2.45) is 0 Å². The number of benzene rings is 2. The van der Waals surface area contributed by atoms with Crippen LogP contribution in [-0.4, -0.2) is 38.9 Å². The number of ether oxygens (including phenoxy) is 3. The van der Waals surface area contributed by atoms with Gasteiger partial charge in [0.1, 0.15) is 18.1 Å². The molecule has 2 N–H and O–H groups in total. The lowest BCUT2D eigenvalue weighted by Crippen LogP contribution is -2.22. The first-order valence-electron chi connectivity index (χ1n) is 8.79. The van der Waals surface area contributed by atoms with Crippen LogP contribution >= 0.6 is 0 Å². The van der Waals surface area contributed by atoms with Gasteiger partial charge < -0.3 is 24.8 Å². The summed E-state index contributed by atoms with van der Waals surface area (Å²) in [6.07, 6.45) is 0. The predicted octanol–water partition coefficient (Wildman–Crippen LogP) is 3.55. The van der Waals surface area contributed by atoms with Gasteiger partial charge in [0.2, 0.25) is 5.91 Å². The van der Waals surface area contributed by atoms with Gasteiger partial charge in [0.15, 0.2) is 0 Å². The summed E-state index contributed by atoms with van der Waals surface area (Å²) in [6, 6.07) is 14.9. The molecule has 140 valence electrons. The first-order chi connectivity index (χ1) is 12.7. The Morgan fingerprint density at radius 3 is 2.62 bits per heavy atom. The minimum atomic E-state index is -0.160. The third-order valence-electron chi connectivity index (χ3n) is 3.45. The molecule has 2 aromatic carbocycles. The predicted molar refractivity (Wildman–Crippen MR) is 103 cm³/mol. The van der Waals surface area contributed by atoms with Crippen LogP contribution in [0.3, 0.4) is 0 Å². The molecule has 1 amide bonds. The number of hydrogen-bond acceptors (Lipinski definition) is 5. The van der Waals surface area contributed by atoms with E-state index in [1.54, 1.807) is 0 Å². The molecule has 0 saturated heterocycles. The molecule has 0 aliphatic carbocycles. The van der Waals surface area contributed by atoms with Crippen LogP contribution in [0.1, 0.15) is 13.8 Å². The Labute approximate surface area is 154 Å². The Morgan fingerprint density at radius 2 is 1.81 bits per heavy atom. The molecule has 26 heavy (non-hydrogen) atoms. The fourth-order valence-electron chi connectivity index (χ4n) is 2.29. The largest absolute Gasteiger partial charge is 0.494 e. The zero-order chi connectivity index (χ0) is 18.6. The summed E-state index contributed by atoms with van der Waals surface area (Å²) in [7, 11) is 0. The Kier molecular flexibility index (Phi) is 8.29. The monoisotopic (exact) mass is 358 g/mol. The van der Waals surface area contributed by atoms with Crippen molar-refractivity contribution in [3.8, 4) is 11.5 Å². The van der Waals surface area contributed by atoms with Crippen molar-refractivity contribution in [1.29, 1.82) is 0 Å². The number of carbonyl (C=O) groups is 1. The third-order valence-corrected chi connectivity index (χ3v) is 3.45. The fraction of sp³-hybridized carbons (Fsp3) is 0.350. The standard InChI is InChI=1S/C20H26N2O4/c1-3-24-12-13-26-19-11-6-5-10-18(19)22-20(23)15-21-16-8-7-9-17(14-16)25-4-2/h5-11,14,21H,3-4,12-13,15H2,1-2H3,(H,22,23).